The zero-order valence-electron chi connectivity index (χ0n) is 13.5. The van der Waals surface area contributed by atoms with Gasteiger partial charge < -0.3 is 9.84 Å². The van der Waals surface area contributed by atoms with E-state index in [1.807, 2.05) is 13.8 Å². The van der Waals surface area contributed by atoms with Gasteiger partial charge in [0.1, 0.15) is 5.76 Å². The number of rotatable bonds is 5. The van der Waals surface area contributed by atoms with E-state index in [0.717, 1.165) is 37.6 Å². The van der Waals surface area contributed by atoms with Crippen LogP contribution in [0.15, 0.2) is 34.9 Å². The molecule has 0 aliphatic carbocycles. The highest BCUT2D eigenvalue weighted by molar-refractivity contribution is 5.20. The Morgan fingerprint density at radius 2 is 1.91 bits per heavy atom. The number of benzene rings is 1. The Morgan fingerprint density at radius 1 is 1.18 bits per heavy atom. The van der Waals surface area contributed by atoms with E-state index >= 15 is 0 Å². The third-order valence-electron chi connectivity index (χ3n) is 4.59. The Hall–Kier alpha value is -1.65. The van der Waals surface area contributed by atoms with Gasteiger partial charge in [-0.1, -0.05) is 35.5 Å². The highest BCUT2D eigenvalue weighted by Gasteiger charge is 2.19. The van der Waals surface area contributed by atoms with Gasteiger partial charge in [0.15, 0.2) is 0 Å². The number of nitrogens with one attached hydrogen (secondary N) is 1. The molecule has 0 atom stereocenters. The molecule has 0 radical (unpaired) electrons. The van der Waals surface area contributed by atoms with Crippen molar-refractivity contribution < 1.29 is 4.52 Å². The van der Waals surface area contributed by atoms with Crippen molar-refractivity contribution >= 4 is 0 Å². The molecule has 1 fully saturated rings. The molecule has 0 unspecified atom stereocenters. The minimum Gasteiger partial charge on any atom is -0.361 e. The van der Waals surface area contributed by atoms with E-state index in [1.54, 1.807) is 0 Å². The van der Waals surface area contributed by atoms with E-state index in [0.29, 0.717) is 6.04 Å². The highest BCUT2D eigenvalue weighted by atomic mass is 16.5. The van der Waals surface area contributed by atoms with E-state index < -0.39 is 0 Å². The molecular weight excluding hydrogens is 274 g/mol. The summed E-state index contributed by atoms with van der Waals surface area (Å²) in [6.45, 7) is 8.25. The summed E-state index contributed by atoms with van der Waals surface area (Å²) in [5, 5.41) is 7.68. The fraction of sp³-hybridized carbons (Fsp3) is 0.500. The minimum absolute atomic E-state index is 0.598. The first-order valence-electron chi connectivity index (χ1n) is 8.14. The summed E-state index contributed by atoms with van der Waals surface area (Å²) < 4.78 is 5.22. The molecule has 0 amide bonds. The lowest BCUT2D eigenvalue weighted by Gasteiger charge is -2.32. The van der Waals surface area contributed by atoms with Crippen molar-refractivity contribution in [2.24, 2.45) is 0 Å². The summed E-state index contributed by atoms with van der Waals surface area (Å²) >= 11 is 0. The molecule has 2 aromatic rings. The van der Waals surface area contributed by atoms with Crippen LogP contribution in [0, 0.1) is 13.8 Å². The molecule has 1 N–H and O–H groups in total. The summed E-state index contributed by atoms with van der Waals surface area (Å²) in [6.07, 6.45) is 2.41. The Balaban J connectivity index is 1.44. The van der Waals surface area contributed by atoms with Crippen LogP contribution in [0.4, 0.5) is 0 Å². The van der Waals surface area contributed by atoms with Crippen LogP contribution in [0.5, 0.6) is 0 Å². The largest absolute Gasteiger partial charge is 0.361 e. The number of piperidine rings is 1. The second-order valence-electron chi connectivity index (χ2n) is 6.22. The maximum atomic E-state index is 5.22. The van der Waals surface area contributed by atoms with Crippen LogP contribution in [0.1, 0.15) is 35.4 Å². The minimum atomic E-state index is 0.598. The first kappa shape index (κ1) is 15.3. The van der Waals surface area contributed by atoms with Crippen molar-refractivity contribution in [3.8, 4) is 0 Å². The van der Waals surface area contributed by atoms with E-state index in [9.17, 15) is 0 Å². The number of hydrogen-bond donors (Lipinski definition) is 1. The lowest BCUT2D eigenvalue weighted by atomic mass is 10.0. The number of aromatic nitrogens is 1. The molecule has 4 nitrogen and oxygen atoms in total. The Kier molecular flexibility index (Phi) is 4.90. The zero-order chi connectivity index (χ0) is 15.4. The third-order valence-corrected chi connectivity index (χ3v) is 4.59. The lowest BCUT2D eigenvalue weighted by Crippen LogP contribution is -2.41. The molecule has 1 saturated heterocycles. The fourth-order valence-electron chi connectivity index (χ4n) is 3.14. The standard InChI is InChI=1S/C18H25N3O/c1-14-18(15(2)22-20-14)12-19-17-8-10-21(11-9-17)13-16-6-4-3-5-7-16/h3-7,17,19H,8-13H2,1-2H3. The third kappa shape index (κ3) is 3.76. The molecule has 118 valence electrons. The average Bonchev–Trinajstić information content (AvgIpc) is 2.86. The van der Waals surface area contributed by atoms with Crippen molar-refractivity contribution in [1.82, 2.24) is 15.4 Å². The van der Waals surface area contributed by atoms with Gasteiger partial charge in [0, 0.05) is 24.7 Å². The molecule has 2 heterocycles. The van der Waals surface area contributed by atoms with Gasteiger partial charge >= 0.3 is 0 Å². The second kappa shape index (κ2) is 7.07. The summed E-state index contributed by atoms with van der Waals surface area (Å²) in [5.74, 6) is 0.937. The van der Waals surface area contributed by atoms with Crippen molar-refractivity contribution in [1.29, 1.82) is 0 Å². The van der Waals surface area contributed by atoms with Crippen LogP contribution in [0.2, 0.25) is 0 Å². The molecule has 3 rings (SSSR count). The molecule has 1 aliphatic rings. The van der Waals surface area contributed by atoms with Gasteiger partial charge in [0.25, 0.3) is 0 Å². The SMILES string of the molecule is Cc1noc(C)c1CNC1CCN(Cc2ccccc2)CC1. The Morgan fingerprint density at radius 3 is 2.55 bits per heavy atom. The molecule has 0 bridgehead atoms. The number of likely N-dealkylation sites (tertiary alicyclic amines) is 1. The van der Waals surface area contributed by atoms with Crippen LogP contribution in [-0.4, -0.2) is 29.2 Å². The number of nitrogens with zero attached hydrogens (tertiary/aromatic N) is 2. The molecular formula is C18H25N3O. The Labute approximate surface area is 132 Å². The Bertz CT molecular complexity index is 566. The maximum absolute atomic E-state index is 5.22. The van der Waals surface area contributed by atoms with Gasteiger partial charge in [-0.15, -0.1) is 0 Å². The molecule has 4 heteroatoms. The highest BCUT2D eigenvalue weighted by Crippen LogP contribution is 2.16. The molecule has 0 spiro atoms. The smallest absolute Gasteiger partial charge is 0.138 e. The quantitative estimate of drug-likeness (QED) is 0.921. The van der Waals surface area contributed by atoms with Gasteiger partial charge in [0.05, 0.1) is 5.69 Å². The van der Waals surface area contributed by atoms with Crippen LogP contribution in [-0.2, 0) is 13.1 Å². The van der Waals surface area contributed by atoms with Crippen molar-refractivity contribution in [2.45, 2.75) is 45.8 Å². The predicted molar refractivity (Wildman–Crippen MR) is 87.6 cm³/mol. The van der Waals surface area contributed by atoms with Crippen molar-refractivity contribution in [3.63, 3.8) is 0 Å². The van der Waals surface area contributed by atoms with Crippen molar-refractivity contribution in [3.05, 3.63) is 52.9 Å². The van der Waals surface area contributed by atoms with E-state index in [1.165, 1.54) is 24.0 Å². The van der Waals surface area contributed by atoms with E-state index in [2.05, 4.69) is 45.7 Å². The van der Waals surface area contributed by atoms with Gasteiger partial charge in [-0.05, 0) is 45.3 Å². The molecule has 22 heavy (non-hydrogen) atoms. The van der Waals surface area contributed by atoms with Gasteiger partial charge in [-0.25, -0.2) is 0 Å². The summed E-state index contributed by atoms with van der Waals surface area (Å²) in [5.41, 5.74) is 3.63. The maximum Gasteiger partial charge on any atom is 0.138 e. The zero-order valence-corrected chi connectivity index (χ0v) is 13.5. The number of hydrogen-bond acceptors (Lipinski definition) is 4. The fourth-order valence-corrected chi connectivity index (χ4v) is 3.14. The molecule has 1 aromatic heterocycles. The molecule has 0 saturated carbocycles. The summed E-state index contributed by atoms with van der Waals surface area (Å²) in [4.78, 5) is 2.55. The monoisotopic (exact) mass is 299 g/mol. The van der Waals surface area contributed by atoms with Gasteiger partial charge in [-0.3, -0.25) is 4.90 Å². The van der Waals surface area contributed by atoms with Gasteiger partial charge in [0.2, 0.25) is 0 Å². The van der Waals surface area contributed by atoms with Crippen LogP contribution in [0.3, 0.4) is 0 Å². The second-order valence-corrected chi connectivity index (χ2v) is 6.22. The first-order valence-corrected chi connectivity index (χ1v) is 8.14. The predicted octanol–water partition coefficient (Wildman–Crippen LogP) is 3.05. The lowest BCUT2D eigenvalue weighted by molar-refractivity contribution is 0.190. The first-order chi connectivity index (χ1) is 10.7. The number of aryl methyl sites for hydroxylation is 2. The normalized spacial score (nSPS) is 17.0. The van der Waals surface area contributed by atoms with Crippen LogP contribution < -0.4 is 5.32 Å². The van der Waals surface area contributed by atoms with E-state index in [4.69, 9.17) is 4.52 Å². The van der Waals surface area contributed by atoms with Gasteiger partial charge in [-0.2, -0.15) is 0 Å². The van der Waals surface area contributed by atoms with Crippen molar-refractivity contribution in [2.75, 3.05) is 13.1 Å². The van der Waals surface area contributed by atoms with Crippen LogP contribution >= 0.6 is 0 Å². The topological polar surface area (TPSA) is 41.3 Å². The summed E-state index contributed by atoms with van der Waals surface area (Å²) in [7, 11) is 0. The summed E-state index contributed by atoms with van der Waals surface area (Å²) in [6, 6.07) is 11.3. The molecule has 1 aromatic carbocycles. The van der Waals surface area contributed by atoms with E-state index in [-0.39, 0.29) is 0 Å². The molecule has 1 aliphatic heterocycles. The van der Waals surface area contributed by atoms with Crippen LogP contribution in [0.25, 0.3) is 0 Å². The average molecular weight is 299 g/mol.